The Bertz CT molecular complexity index is 3120. The van der Waals surface area contributed by atoms with Crippen molar-refractivity contribution < 1.29 is 110 Å². The predicted octanol–water partition coefficient (Wildman–Crippen LogP) is 5.48. The van der Waals surface area contributed by atoms with Crippen molar-refractivity contribution in [1.82, 2.24) is 5.06 Å². The van der Waals surface area contributed by atoms with Gasteiger partial charge >= 0.3 is 17.3 Å². The third-order valence-corrected chi connectivity index (χ3v) is 16.5. The summed E-state index contributed by atoms with van der Waals surface area (Å²) in [6.07, 6.45) is 5.50. The maximum absolute atomic E-state index is 12.5. The molecule has 5 rings (SSSR count). The van der Waals surface area contributed by atoms with Gasteiger partial charge in [-0.05, 0) is 79.1 Å². The van der Waals surface area contributed by atoms with Crippen molar-refractivity contribution >= 4 is 76.6 Å². The highest BCUT2D eigenvalue weighted by Gasteiger charge is 2.44. The fourth-order valence-electron chi connectivity index (χ4n) is 9.62. The zero-order valence-corrected chi connectivity index (χ0v) is 53.9. The van der Waals surface area contributed by atoms with E-state index in [1.165, 1.54) is 12.1 Å². The molecule has 27 nitrogen and oxygen atoms in total. The summed E-state index contributed by atoms with van der Waals surface area (Å²) < 4.78 is 164. The van der Waals surface area contributed by atoms with Crippen molar-refractivity contribution in [3.63, 3.8) is 0 Å². The summed E-state index contributed by atoms with van der Waals surface area (Å²) in [4.78, 5) is 43.4. The number of hydrogen-bond acceptors (Lipinski definition) is 22. The number of imide groups is 1. The second-order valence-electron chi connectivity index (χ2n) is 21.9. The fraction of sp³-hybridized carbons (Fsp3) is 0.627. The number of methoxy groups -OCH3 is 1. The number of hydrogen-bond donors (Lipinski definition) is 3. The van der Waals surface area contributed by atoms with Crippen molar-refractivity contribution in [2.75, 3.05) is 174 Å². The molecule has 89 heavy (non-hydrogen) atoms. The van der Waals surface area contributed by atoms with E-state index in [-0.39, 0.29) is 135 Å². The summed E-state index contributed by atoms with van der Waals surface area (Å²) in [5.74, 6) is -2.40. The number of carbonyl (C=O) groups excluding carboxylic acids is 3. The molecule has 2 aromatic carbocycles. The van der Waals surface area contributed by atoms with Gasteiger partial charge in [-0.1, -0.05) is 26.8 Å². The Kier molecular flexibility index (Phi) is 31.3. The fourth-order valence-corrected chi connectivity index (χ4v) is 11.1. The quantitative estimate of drug-likeness (QED) is 0.0273. The van der Waals surface area contributed by atoms with E-state index in [0.29, 0.717) is 98.4 Å². The monoisotopic (exact) mass is 1320 g/mol. The van der Waals surface area contributed by atoms with Gasteiger partial charge in [0.1, 0.15) is 0 Å². The van der Waals surface area contributed by atoms with Crippen LogP contribution in [0.3, 0.4) is 0 Å². The van der Waals surface area contributed by atoms with Gasteiger partial charge in [0.2, 0.25) is 0 Å². The number of carbonyl (C=O) groups is 3. The number of nitrogens with zero attached hydrogens (tertiary/aromatic N) is 3. The molecule has 1 atom stereocenters. The Morgan fingerprint density at radius 3 is 1.70 bits per heavy atom. The topological polar surface area (TPSA) is 337 Å². The lowest BCUT2D eigenvalue weighted by atomic mass is 9.77. The largest absolute Gasteiger partial charge is 0.382 e. The van der Waals surface area contributed by atoms with Crippen LogP contribution in [-0.2, 0) is 108 Å². The molecule has 0 bridgehead atoms. The lowest BCUT2D eigenvalue weighted by Crippen LogP contribution is -2.32. The van der Waals surface area contributed by atoms with Crippen LogP contribution in [0.15, 0.2) is 69.6 Å². The molecular formula is C59H88N3O24S3+. The maximum Gasteiger partial charge on any atom is 0.363 e. The molecule has 0 radical (unpaired) electrons. The van der Waals surface area contributed by atoms with Crippen molar-refractivity contribution in [1.29, 1.82) is 0 Å². The van der Waals surface area contributed by atoms with E-state index in [1.807, 2.05) is 47.1 Å². The van der Waals surface area contributed by atoms with Crippen LogP contribution in [0.5, 0.6) is 0 Å². The Morgan fingerprint density at radius 1 is 0.652 bits per heavy atom. The highest BCUT2D eigenvalue weighted by atomic mass is 32.2. The molecule has 500 valence electrons. The molecule has 0 spiro atoms. The van der Waals surface area contributed by atoms with Gasteiger partial charge in [0.25, 0.3) is 42.2 Å². The smallest absolute Gasteiger partial charge is 0.363 e. The third-order valence-electron chi connectivity index (χ3n) is 14.0. The van der Waals surface area contributed by atoms with Gasteiger partial charge in [-0.2, -0.15) is 25.3 Å². The minimum atomic E-state index is -4.67. The van der Waals surface area contributed by atoms with Crippen molar-refractivity contribution in [3.8, 4) is 0 Å². The molecule has 1 unspecified atom stereocenters. The maximum atomic E-state index is 12.5. The van der Waals surface area contributed by atoms with Gasteiger partial charge in [-0.15, -0.1) is 5.06 Å². The summed E-state index contributed by atoms with van der Waals surface area (Å²) in [5, 5.41) is 1.32. The number of allylic oxidation sites excluding steroid dienone is 3. The number of ether oxygens (including phenoxy) is 10. The number of amides is 2. The first-order chi connectivity index (χ1) is 42.3. The van der Waals surface area contributed by atoms with Crippen LogP contribution in [0, 0.1) is 0 Å². The number of benzene rings is 2. The number of fused-ring (bicyclic) bond motifs is 2. The Labute approximate surface area is 521 Å². The van der Waals surface area contributed by atoms with Gasteiger partial charge < -0.3 is 62.0 Å². The molecule has 3 aromatic rings. The zero-order valence-electron chi connectivity index (χ0n) is 51.5. The highest BCUT2D eigenvalue weighted by Crippen LogP contribution is 2.51. The van der Waals surface area contributed by atoms with Crippen LogP contribution in [0.4, 0.5) is 11.4 Å². The molecule has 3 heterocycles. The van der Waals surface area contributed by atoms with E-state index >= 15 is 0 Å². The predicted molar refractivity (Wildman–Crippen MR) is 327 cm³/mol. The molecular weight excluding hydrogens is 1230 g/mol. The summed E-state index contributed by atoms with van der Waals surface area (Å²) in [6, 6.07) is 11.9. The van der Waals surface area contributed by atoms with Gasteiger partial charge in [0, 0.05) is 74.2 Å². The molecule has 0 saturated carbocycles. The third kappa shape index (κ3) is 26.6. The van der Waals surface area contributed by atoms with Crippen LogP contribution >= 0.6 is 0 Å². The molecule has 2 aliphatic rings. The Balaban J connectivity index is 1.23. The summed E-state index contributed by atoms with van der Waals surface area (Å²) >= 11 is 0. The second kappa shape index (κ2) is 37.4. The molecule has 2 amide bonds. The minimum absolute atomic E-state index is 0.00849. The average molecular weight is 1320 g/mol. The highest BCUT2D eigenvalue weighted by molar-refractivity contribution is 7.86. The Hall–Kier alpha value is -5.13. The second-order valence-corrected chi connectivity index (χ2v) is 26.4. The first-order valence-electron chi connectivity index (χ1n) is 29.4. The van der Waals surface area contributed by atoms with Crippen molar-refractivity contribution in [2.45, 2.75) is 81.9 Å². The molecule has 0 aliphatic carbocycles. The minimum Gasteiger partial charge on any atom is -0.382 e. The Morgan fingerprint density at radius 2 is 1.17 bits per heavy atom. The van der Waals surface area contributed by atoms with Crippen LogP contribution in [0.2, 0.25) is 0 Å². The molecule has 1 aromatic heterocycles. The molecule has 1 saturated heterocycles. The van der Waals surface area contributed by atoms with Crippen LogP contribution < -0.4 is 9.80 Å². The first-order valence-corrected chi connectivity index (χ1v) is 34.1. The SMILES string of the molecule is COCCOCCOCCOCCOCCN(CCCS(=O)(=O)O)c1ccc2c(C(C)(C)C)cc(/C=C/C=C3/N(CCOCCOCCOCCOCCOCCC(=O)ON4C(=O)CCC4=O)c4ccc(S(=O)(=O)O)cc4C3(C)CCCS(=O)(=O)O)[o+]c2c1. The molecule has 30 heteroatoms. The van der Waals surface area contributed by atoms with Crippen LogP contribution in [0.1, 0.15) is 83.1 Å². The first kappa shape index (κ1) is 74.6. The zero-order chi connectivity index (χ0) is 64.9. The van der Waals surface area contributed by atoms with Crippen molar-refractivity contribution in [3.05, 3.63) is 77.2 Å². The van der Waals surface area contributed by atoms with Gasteiger partial charge in [-0.25, -0.2) is 9.21 Å². The summed E-state index contributed by atoms with van der Waals surface area (Å²) in [5.41, 5.74) is 2.46. The number of anilines is 2. The van der Waals surface area contributed by atoms with Crippen LogP contribution in [0.25, 0.3) is 17.0 Å². The number of hydroxylamine groups is 2. The van der Waals surface area contributed by atoms with E-state index in [9.17, 15) is 53.3 Å². The van der Waals surface area contributed by atoms with E-state index in [1.54, 1.807) is 25.3 Å². The molecule has 1 fully saturated rings. The summed E-state index contributed by atoms with van der Waals surface area (Å²) in [6.45, 7) is 14.7. The standard InChI is InChI=1S/C59H87N3O24S3/c1-58(2,3)50-44-47(85-53-43-46(11-13-49(50)53)60(19-8-42-88(69,70)71)20-23-77-28-31-81-36-39-83-34-33-79-26-25-75-5)9-6-10-54-59(4,18-7-41-87(66,67)68)51-45-48(89(72,73)74)12-14-52(51)61(54)21-24-78-29-32-82-37-40-84-38-35-80-30-27-76-22-17-57(65)86-62-55(63)15-16-56(62)64/h6,9-14,43-45H,7-8,15-42H2,1-5H3,(H2-,66,67,68,69,70,71,72,73,74)/p+1/b9-6+,54-10+. The molecule has 2 aliphatic heterocycles. The summed E-state index contributed by atoms with van der Waals surface area (Å²) in [7, 11) is -11.7. The van der Waals surface area contributed by atoms with Crippen molar-refractivity contribution in [2.24, 2.45) is 0 Å². The lowest BCUT2D eigenvalue weighted by molar-refractivity contribution is -0.198. The van der Waals surface area contributed by atoms with E-state index in [0.717, 1.165) is 10.9 Å². The normalized spacial score (nSPS) is 16.2. The van der Waals surface area contributed by atoms with Gasteiger partial charge in [0.05, 0.1) is 160 Å². The lowest BCUT2D eigenvalue weighted by Gasteiger charge is -2.30. The van der Waals surface area contributed by atoms with E-state index in [2.05, 4.69) is 20.8 Å². The van der Waals surface area contributed by atoms with Crippen LogP contribution in [-0.4, -0.2) is 226 Å². The van der Waals surface area contributed by atoms with E-state index in [4.69, 9.17) is 56.6 Å². The van der Waals surface area contributed by atoms with Gasteiger partial charge in [0.15, 0.2) is 0 Å². The van der Waals surface area contributed by atoms with E-state index < -0.39 is 65.1 Å². The number of rotatable bonds is 46. The molecule has 3 N–H and O–H groups in total. The van der Waals surface area contributed by atoms with Gasteiger partial charge in [-0.3, -0.25) is 23.2 Å². The average Bonchev–Trinajstić information content (AvgIpc) is 1.62.